The fraction of sp³-hybridized carbons (Fsp3) is 0.273. The highest BCUT2D eigenvalue weighted by Crippen LogP contribution is 2.30. The number of halogens is 1. The van der Waals surface area contributed by atoms with Crippen molar-refractivity contribution in [2.75, 3.05) is 5.32 Å². The molecule has 3 heterocycles. The van der Waals surface area contributed by atoms with E-state index in [2.05, 4.69) is 15.3 Å². The van der Waals surface area contributed by atoms with E-state index in [-0.39, 0.29) is 29.3 Å². The van der Waals surface area contributed by atoms with Crippen LogP contribution < -0.4 is 20.5 Å². The van der Waals surface area contributed by atoms with Crippen molar-refractivity contribution >= 4 is 5.82 Å². The average Bonchev–Trinajstić information content (AvgIpc) is 3.02. The fourth-order valence-electron chi connectivity index (χ4n) is 3.37. The molecule has 0 saturated carbocycles. The van der Waals surface area contributed by atoms with Gasteiger partial charge in [-0.05, 0) is 44.5 Å². The third kappa shape index (κ3) is 4.33. The average molecular weight is 421 g/mol. The molecule has 0 saturated heterocycles. The number of nitrogens with one attached hydrogen (secondary N) is 1. The second-order valence-corrected chi connectivity index (χ2v) is 7.95. The lowest BCUT2D eigenvalue weighted by molar-refractivity contribution is 0.290. The molecular formula is C22H20FN5O3. The van der Waals surface area contributed by atoms with Crippen molar-refractivity contribution < 1.29 is 13.9 Å². The van der Waals surface area contributed by atoms with Crippen LogP contribution in [0.1, 0.15) is 30.7 Å². The summed E-state index contributed by atoms with van der Waals surface area (Å²) in [5.74, 6) is 0.244. The normalized spacial score (nSPS) is 13.8. The number of nitriles is 1. The van der Waals surface area contributed by atoms with E-state index in [1.54, 1.807) is 31.3 Å². The lowest BCUT2D eigenvalue weighted by atomic mass is 10.1. The van der Waals surface area contributed by atoms with Crippen molar-refractivity contribution in [2.45, 2.75) is 39.5 Å². The van der Waals surface area contributed by atoms with E-state index in [1.165, 1.54) is 16.7 Å². The Morgan fingerprint density at radius 2 is 2.13 bits per heavy atom. The summed E-state index contributed by atoms with van der Waals surface area (Å²) in [6.07, 6.45) is 1.54. The molecule has 1 aliphatic heterocycles. The van der Waals surface area contributed by atoms with Crippen LogP contribution in [0.25, 0.3) is 0 Å². The second kappa shape index (κ2) is 7.72. The minimum Gasteiger partial charge on any atom is -0.473 e. The van der Waals surface area contributed by atoms with Gasteiger partial charge < -0.3 is 14.8 Å². The second-order valence-electron chi connectivity index (χ2n) is 7.95. The molecule has 3 aromatic rings. The third-order valence-corrected chi connectivity index (χ3v) is 4.71. The number of aryl methyl sites for hydroxylation is 1. The number of hydrogen-bond acceptors (Lipinski definition) is 7. The number of aromatic nitrogens is 3. The molecule has 31 heavy (non-hydrogen) atoms. The Bertz CT molecular complexity index is 1260. The van der Waals surface area contributed by atoms with E-state index >= 15 is 0 Å². The monoisotopic (exact) mass is 421 g/mol. The highest BCUT2D eigenvalue weighted by molar-refractivity contribution is 5.49. The summed E-state index contributed by atoms with van der Waals surface area (Å²) in [4.78, 5) is 20.2. The molecule has 1 N–H and O–H groups in total. The number of anilines is 1. The minimum absolute atomic E-state index is 0.0264. The Balaban J connectivity index is 1.54. The van der Waals surface area contributed by atoms with Gasteiger partial charge in [-0.15, -0.1) is 0 Å². The van der Waals surface area contributed by atoms with Crippen LogP contribution >= 0.6 is 0 Å². The van der Waals surface area contributed by atoms with Gasteiger partial charge in [-0.25, -0.2) is 9.18 Å². The smallest absolute Gasteiger partial charge is 0.352 e. The first kappa shape index (κ1) is 20.3. The molecule has 0 atom stereocenters. The van der Waals surface area contributed by atoms with E-state index in [9.17, 15) is 14.4 Å². The van der Waals surface area contributed by atoms with E-state index in [0.29, 0.717) is 29.4 Å². The van der Waals surface area contributed by atoms with Gasteiger partial charge in [-0.2, -0.15) is 10.2 Å². The number of pyridine rings is 1. The highest BCUT2D eigenvalue weighted by Gasteiger charge is 2.29. The molecule has 158 valence electrons. The van der Waals surface area contributed by atoms with E-state index in [1.807, 2.05) is 19.9 Å². The predicted molar refractivity (Wildman–Crippen MR) is 111 cm³/mol. The van der Waals surface area contributed by atoms with Crippen molar-refractivity contribution in [3.05, 3.63) is 69.7 Å². The maximum atomic E-state index is 14.7. The van der Waals surface area contributed by atoms with Crippen LogP contribution in [-0.4, -0.2) is 20.1 Å². The molecule has 9 heteroatoms. The molecule has 4 rings (SSSR count). The summed E-state index contributed by atoms with van der Waals surface area (Å²) in [7, 11) is 0. The van der Waals surface area contributed by atoms with Crippen molar-refractivity contribution in [1.82, 2.24) is 14.5 Å². The summed E-state index contributed by atoms with van der Waals surface area (Å²) in [5, 5.41) is 12.7. The SMILES string of the molecule is Cc1cc(Oc2c(F)cc(COc3cc4n(c(=O)n3)CC(C)(C)N4)cc2C#N)ccn1. The van der Waals surface area contributed by atoms with Crippen LogP contribution in [0.5, 0.6) is 17.4 Å². The molecule has 0 radical (unpaired) electrons. The molecule has 1 aromatic carbocycles. The van der Waals surface area contributed by atoms with E-state index in [4.69, 9.17) is 9.47 Å². The highest BCUT2D eigenvalue weighted by atomic mass is 19.1. The number of rotatable bonds is 5. The van der Waals surface area contributed by atoms with E-state index in [0.717, 1.165) is 0 Å². The lowest BCUT2D eigenvalue weighted by Crippen LogP contribution is -2.30. The third-order valence-electron chi connectivity index (χ3n) is 4.71. The molecular weight excluding hydrogens is 401 g/mol. The quantitative estimate of drug-likeness (QED) is 0.672. The first-order chi connectivity index (χ1) is 14.7. The fourth-order valence-corrected chi connectivity index (χ4v) is 3.37. The number of hydrogen-bond donors (Lipinski definition) is 1. The molecule has 0 unspecified atom stereocenters. The maximum absolute atomic E-state index is 14.7. The largest absolute Gasteiger partial charge is 0.473 e. The summed E-state index contributed by atoms with van der Waals surface area (Å²) < 4.78 is 27.4. The van der Waals surface area contributed by atoms with Crippen molar-refractivity contribution in [1.29, 1.82) is 5.26 Å². The first-order valence-electron chi connectivity index (χ1n) is 9.60. The zero-order valence-electron chi connectivity index (χ0n) is 17.3. The Morgan fingerprint density at radius 3 is 2.87 bits per heavy atom. The zero-order chi connectivity index (χ0) is 22.2. The molecule has 0 spiro atoms. The van der Waals surface area contributed by atoms with Crippen LogP contribution in [0.3, 0.4) is 0 Å². The van der Waals surface area contributed by atoms with Gasteiger partial charge in [0.2, 0.25) is 5.88 Å². The van der Waals surface area contributed by atoms with Crippen molar-refractivity contribution in [2.24, 2.45) is 0 Å². The summed E-state index contributed by atoms with van der Waals surface area (Å²) >= 11 is 0. The zero-order valence-corrected chi connectivity index (χ0v) is 17.3. The van der Waals surface area contributed by atoms with Gasteiger partial charge >= 0.3 is 5.69 Å². The Labute approximate surface area is 177 Å². The predicted octanol–water partition coefficient (Wildman–Crippen LogP) is 3.53. The number of fused-ring (bicyclic) bond motifs is 1. The Morgan fingerprint density at radius 1 is 1.32 bits per heavy atom. The molecule has 0 fully saturated rings. The molecule has 1 aliphatic rings. The molecule has 0 bridgehead atoms. The minimum atomic E-state index is -0.697. The maximum Gasteiger partial charge on any atom is 0.352 e. The lowest BCUT2D eigenvalue weighted by Gasteiger charge is -2.16. The standard InChI is InChI=1S/C22H20FN5O3/c1-13-6-16(4-5-25-13)31-20-15(10-24)7-14(8-17(20)23)11-30-19-9-18-27-22(2,3)12-28(18)21(29)26-19/h4-9,27H,11-12H2,1-3H3. The van der Waals surface area contributed by atoms with Gasteiger partial charge in [0.25, 0.3) is 0 Å². The molecule has 0 amide bonds. The van der Waals surface area contributed by atoms with E-state index < -0.39 is 11.5 Å². The van der Waals surface area contributed by atoms with Crippen LogP contribution in [0.15, 0.2) is 41.3 Å². The first-order valence-corrected chi connectivity index (χ1v) is 9.60. The van der Waals surface area contributed by atoms with Gasteiger partial charge in [0.15, 0.2) is 11.6 Å². The summed E-state index contributed by atoms with van der Waals surface area (Å²) in [6, 6.07) is 9.51. The van der Waals surface area contributed by atoms with Crippen LogP contribution in [0, 0.1) is 24.1 Å². The Kier molecular flexibility index (Phi) is 5.07. The summed E-state index contributed by atoms with van der Waals surface area (Å²) in [6.45, 7) is 6.17. The number of nitrogens with zero attached hydrogens (tertiary/aromatic N) is 4. The van der Waals surface area contributed by atoms with Gasteiger partial charge in [-0.3, -0.25) is 9.55 Å². The van der Waals surface area contributed by atoms with Crippen LogP contribution in [0.4, 0.5) is 10.2 Å². The van der Waals surface area contributed by atoms with Crippen molar-refractivity contribution in [3.8, 4) is 23.4 Å². The van der Waals surface area contributed by atoms with Gasteiger partial charge in [-0.1, -0.05) is 0 Å². The summed E-state index contributed by atoms with van der Waals surface area (Å²) in [5.41, 5.74) is 0.449. The van der Waals surface area contributed by atoms with Crippen LogP contribution in [0.2, 0.25) is 0 Å². The topological polar surface area (TPSA) is 102 Å². The number of benzene rings is 1. The van der Waals surface area contributed by atoms with Crippen LogP contribution in [-0.2, 0) is 13.2 Å². The number of ether oxygens (including phenoxy) is 2. The van der Waals surface area contributed by atoms with Crippen molar-refractivity contribution in [3.63, 3.8) is 0 Å². The molecule has 0 aliphatic carbocycles. The van der Waals surface area contributed by atoms with Gasteiger partial charge in [0, 0.05) is 24.0 Å². The molecule has 8 nitrogen and oxygen atoms in total. The molecule has 2 aromatic heterocycles. The van der Waals surface area contributed by atoms with Gasteiger partial charge in [0.05, 0.1) is 17.6 Å². The Hall–Kier alpha value is -3.93. The van der Waals surface area contributed by atoms with Gasteiger partial charge in [0.1, 0.15) is 24.2 Å².